The normalized spacial score (nSPS) is 10.8. The summed E-state index contributed by atoms with van der Waals surface area (Å²) in [7, 11) is 0. The molecule has 1 amide bonds. The van der Waals surface area contributed by atoms with Crippen molar-refractivity contribution in [1.29, 1.82) is 0 Å². The molecule has 0 aromatic carbocycles. The molecule has 2 heterocycles. The van der Waals surface area contributed by atoms with Crippen LogP contribution < -0.4 is 5.32 Å². The van der Waals surface area contributed by atoms with Crippen molar-refractivity contribution in [3.05, 3.63) is 37.9 Å². The van der Waals surface area contributed by atoms with Crippen LogP contribution in [0.15, 0.2) is 27.5 Å². The predicted octanol–water partition coefficient (Wildman–Crippen LogP) is 3.32. The monoisotopic (exact) mass is 358 g/mol. The van der Waals surface area contributed by atoms with Gasteiger partial charge in [-0.05, 0) is 28.1 Å². The first kappa shape index (κ1) is 13.9. The number of thiophene rings is 1. The lowest BCUT2D eigenvalue weighted by Gasteiger charge is -1.97. The molecular formula is C11H7BrN2O3S2. The zero-order chi connectivity index (χ0) is 13.8. The maximum atomic E-state index is 11.8. The van der Waals surface area contributed by atoms with Gasteiger partial charge >= 0.3 is 5.97 Å². The minimum atomic E-state index is -1.03. The lowest BCUT2D eigenvalue weighted by atomic mass is 10.3. The number of anilines is 1. The van der Waals surface area contributed by atoms with Crippen LogP contribution in [-0.2, 0) is 4.79 Å². The molecule has 0 unspecified atom stereocenters. The number of carboxylic acid groups (broad SMARTS) is 1. The van der Waals surface area contributed by atoms with Crippen LogP contribution in [0, 0.1) is 0 Å². The topological polar surface area (TPSA) is 79.3 Å². The van der Waals surface area contributed by atoms with Gasteiger partial charge in [0.25, 0.3) is 5.91 Å². The Morgan fingerprint density at radius 1 is 1.47 bits per heavy atom. The van der Waals surface area contributed by atoms with E-state index in [1.807, 2.05) is 0 Å². The molecule has 0 radical (unpaired) electrons. The zero-order valence-corrected chi connectivity index (χ0v) is 12.5. The summed E-state index contributed by atoms with van der Waals surface area (Å²) in [5.41, 5.74) is 0.551. The highest BCUT2D eigenvalue weighted by Gasteiger charge is 2.10. The van der Waals surface area contributed by atoms with E-state index in [4.69, 9.17) is 5.11 Å². The maximum Gasteiger partial charge on any atom is 0.328 e. The van der Waals surface area contributed by atoms with Crippen molar-refractivity contribution >= 4 is 61.7 Å². The number of hydrogen-bond acceptors (Lipinski definition) is 5. The molecule has 2 aromatic rings. The first-order chi connectivity index (χ1) is 9.04. The Kier molecular flexibility index (Phi) is 4.46. The van der Waals surface area contributed by atoms with Crippen LogP contribution in [0.25, 0.3) is 6.08 Å². The Morgan fingerprint density at radius 2 is 2.26 bits per heavy atom. The Bertz CT molecular complexity index is 648. The fraction of sp³-hybridized carbons (Fsp3) is 0. The van der Waals surface area contributed by atoms with Crippen molar-refractivity contribution in [2.45, 2.75) is 0 Å². The average Bonchev–Trinajstić information content (AvgIpc) is 2.95. The van der Waals surface area contributed by atoms with Crippen molar-refractivity contribution in [2.75, 3.05) is 5.32 Å². The van der Waals surface area contributed by atoms with E-state index in [0.29, 0.717) is 15.6 Å². The summed E-state index contributed by atoms with van der Waals surface area (Å²) in [5.74, 6) is -1.27. The summed E-state index contributed by atoms with van der Waals surface area (Å²) in [5, 5.41) is 13.3. The summed E-state index contributed by atoms with van der Waals surface area (Å²) < 4.78 is 0.877. The standard InChI is InChI=1S/C11H7BrN2O3S2/c12-8-3-6(5-18-8)10(17)14-11-13-4-7(19-11)1-2-9(15)16/h1-5H,(H,15,16)(H,13,14,17)/b2-1+. The van der Waals surface area contributed by atoms with E-state index in [9.17, 15) is 9.59 Å². The van der Waals surface area contributed by atoms with Crippen molar-refractivity contribution in [3.63, 3.8) is 0 Å². The van der Waals surface area contributed by atoms with Crippen LogP contribution >= 0.6 is 38.6 Å². The summed E-state index contributed by atoms with van der Waals surface area (Å²) in [6.45, 7) is 0. The molecule has 0 aliphatic heterocycles. The molecule has 98 valence electrons. The fourth-order valence-corrected chi connectivity index (χ4v) is 3.02. The van der Waals surface area contributed by atoms with E-state index < -0.39 is 5.97 Å². The molecule has 0 saturated carbocycles. The summed E-state index contributed by atoms with van der Waals surface area (Å²) >= 11 is 5.91. The van der Waals surface area contributed by atoms with Crippen LogP contribution in [0.3, 0.4) is 0 Å². The van der Waals surface area contributed by atoms with Gasteiger partial charge < -0.3 is 5.11 Å². The number of carboxylic acids is 1. The number of hydrogen-bond donors (Lipinski definition) is 2. The quantitative estimate of drug-likeness (QED) is 0.821. The van der Waals surface area contributed by atoms with Crippen molar-refractivity contribution in [3.8, 4) is 0 Å². The van der Waals surface area contributed by atoms with Crippen molar-refractivity contribution in [2.24, 2.45) is 0 Å². The molecule has 2 N–H and O–H groups in total. The zero-order valence-electron chi connectivity index (χ0n) is 9.29. The highest BCUT2D eigenvalue weighted by molar-refractivity contribution is 9.11. The number of amides is 1. The number of aromatic nitrogens is 1. The van der Waals surface area contributed by atoms with Gasteiger partial charge in [0.15, 0.2) is 5.13 Å². The van der Waals surface area contributed by atoms with Gasteiger partial charge in [0.2, 0.25) is 0 Å². The van der Waals surface area contributed by atoms with Gasteiger partial charge in [-0.3, -0.25) is 10.1 Å². The molecule has 0 saturated heterocycles. The van der Waals surface area contributed by atoms with Gasteiger partial charge in [-0.2, -0.15) is 0 Å². The first-order valence-electron chi connectivity index (χ1n) is 4.97. The van der Waals surface area contributed by atoms with Gasteiger partial charge in [-0.15, -0.1) is 11.3 Å². The van der Waals surface area contributed by atoms with Crippen LogP contribution in [0.4, 0.5) is 5.13 Å². The molecule has 2 rings (SSSR count). The van der Waals surface area contributed by atoms with E-state index in [2.05, 4.69) is 26.2 Å². The van der Waals surface area contributed by atoms with E-state index in [1.54, 1.807) is 11.4 Å². The van der Waals surface area contributed by atoms with Crippen LogP contribution in [0.1, 0.15) is 15.2 Å². The minimum Gasteiger partial charge on any atom is -0.478 e. The molecule has 8 heteroatoms. The molecule has 0 fully saturated rings. The summed E-state index contributed by atoms with van der Waals surface area (Å²) in [4.78, 5) is 26.9. The smallest absolute Gasteiger partial charge is 0.328 e. The summed E-state index contributed by atoms with van der Waals surface area (Å²) in [6.07, 6.45) is 3.95. The summed E-state index contributed by atoms with van der Waals surface area (Å²) in [6, 6.07) is 1.72. The van der Waals surface area contributed by atoms with Gasteiger partial charge in [0.1, 0.15) is 0 Å². The number of nitrogens with zero attached hydrogens (tertiary/aromatic N) is 1. The lowest BCUT2D eigenvalue weighted by molar-refractivity contribution is -0.131. The van der Waals surface area contributed by atoms with Crippen LogP contribution in [-0.4, -0.2) is 22.0 Å². The first-order valence-corrected chi connectivity index (χ1v) is 7.46. The predicted molar refractivity (Wildman–Crippen MR) is 78.8 cm³/mol. The van der Waals surface area contributed by atoms with Gasteiger partial charge in [0, 0.05) is 22.5 Å². The van der Waals surface area contributed by atoms with E-state index in [1.165, 1.54) is 34.9 Å². The Balaban J connectivity index is 2.04. The fourth-order valence-electron chi connectivity index (χ4n) is 1.17. The molecule has 0 bridgehead atoms. The number of rotatable bonds is 4. The van der Waals surface area contributed by atoms with Gasteiger partial charge in [0.05, 0.1) is 9.35 Å². The van der Waals surface area contributed by atoms with Gasteiger partial charge in [-0.1, -0.05) is 11.3 Å². The third kappa shape index (κ3) is 3.98. The Morgan fingerprint density at radius 3 is 2.89 bits per heavy atom. The Hall–Kier alpha value is -1.51. The van der Waals surface area contributed by atoms with E-state index in [-0.39, 0.29) is 5.91 Å². The maximum absolute atomic E-state index is 11.8. The van der Waals surface area contributed by atoms with Crippen LogP contribution in [0.2, 0.25) is 0 Å². The molecule has 19 heavy (non-hydrogen) atoms. The lowest BCUT2D eigenvalue weighted by Crippen LogP contribution is -2.10. The molecule has 5 nitrogen and oxygen atoms in total. The molecular weight excluding hydrogens is 352 g/mol. The highest BCUT2D eigenvalue weighted by atomic mass is 79.9. The van der Waals surface area contributed by atoms with E-state index >= 15 is 0 Å². The number of carbonyl (C=O) groups excluding carboxylic acids is 1. The third-order valence-corrected chi connectivity index (χ3v) is 4.35. The minimum absolute atomic E-state index is 0.245. The van der Waals surface area contributed by atoms with Crippen LogP contribution in [0.5, 0.6) is 0 Å². The van der Waals surface area contributed by atoms with Crippen molar-refractivity contribution < 1.29 is 14.7 Å². The number of carbonyl (C=O) groups is 2. The molecule has 0 spiro atoms. The highest BCUT2D eigenvalue weighted by Crippen LogP contribution is 2.23. The number of thiazole rings is 1. The number of aliphatic carboxylic acids is 1. The Labute approximate surface area is 124 Å². The second-order valence-electron chi connectivity index (χ2n) is 3.33. The number of halogens is 1. The number of nitrogens with one attached hydrogen (secondary N) is 1. The molecule has 2 aromatic heterocycles. The molecule has 0 atom stereocenters. The molecule has 0 aliphatic carbocycles. The largest absolute Gasteiger partial charge is 0.478 e. The molecule has 0 aliphatic rings. The second kappa shape index (κ2) is 6.09. The van der Waals surface area contributed by atoms with E-state index in [0.717, 1.165) is 9.86 Å². The second-order valence-corrected chi connectivity index (χ2v) is 6.69. The van der Waals surface area contributed by atoms with Crippen molar-refractivity contribution in [1.82, 2.24) is 4.98 Å². The SMILES string of the molecule is O=C(O)/C=C/c1cnc(NC(=O)c2csc(Br)c2)s1. The van der Waals surface area contributed by atoms with Gasteiger partial charge in [-0.25, -0.2) is 9.78 Å². The third-order valence-electron chi connectivity index (χ3n) is 1.96. The average molecular weight is 359 g/mol.